The maximum atomic E-state index is 12.5. The minimum Gasteiger partial charge on any atom is -0.346 e. The van der Waals surface area contributed by atoms with Crippen LogP contribution in [-0.2, 0) is 32.5 Å². The number of nitrogens with one attached hydrogen (secondary N) is 2. The fraction of sp³-hybridized carbons (Fsp3) is 0.556. The molecule has 3 heterocycles. The topological polar surface area (TPSA) is 59.0 Å². The second-order valence-electron chi connectivity index (χ2n) is 6.68. The number of fused-ring (bicyclic) bond motifs is 2. The first-order chi connectivity index (χ1) is 11.8. The van der Waals surface area contributed by atoms with Gasteiger partial charge in [0.15, 0.2) is 0 Å². The normalized spacial score (nSPS) is 16.8. The summed E-state index contributed by atoms with van der Waals surface area (Å²) in [4.78, 5) is 14.7. The van der Waals surface area contributed by atoms with E-state index in [1.165, 1.54) is 35.4 Å². The number of nitrogens with zero attached hydrogens (tertiary/aromatic N) is 2. The number of rotatable bonds is 3. The molecule has 5 nitrogen and oxygen atoms in total. The lowest BCUT2D eigenvalue weighted by Crippen LogP contribution is -2.22. The number of hydrogen-bond acceptors (Lipinski definition) is 4. The molecule has 0 atom stereocenters. The molecule has 2 N–H and O–H groups in total. The highest BCUT2D eigenvalue weighted by atomic mass is 35.5. The standard InChI is InChI=1S/C18H24N4OS.ClH/c23-18(17-9-13-5-2-1-3-6-16(13)24-17)20-11-14-10-15-12-19-7-4-8-22(15)21-14;/h9-10,19H,1-8,11-12H2,(H,20,23);1H. The van der Waals surface area contributed by atoms with Crippen molar-refractivity contribution in [3.63, 3.8) is 0 Å². The summed E-state index contributed by atoms with van der Waals surface area (Å²) in [5.74, 6) is 0.0365. The fourth-order valence-corrected chi connectivity index (χ4v) is 4.71. The number of halogens is 1. The molecule has 2 aliphatic rings. The molecule has 25 heavy (non-hydrogen) atoms. The zero-order chi connectivity index (χ0) is 16.4. The van der Waals surface area contributed by atoms with Crippen molar-refractivity contribution in [1.29, 1.82) is 0 Å². The Morgan fingerprint density at radius 3 is 3.04 bits per heavy atom. The summed E-state index contributed by atoms with van der Waals surface area (Å²) in [5.41, 5.74) is 3.54. The summed E-state index contributed by atoms with van der Waals surface area (Å²) in [6.45, 7) is 3.35. The first kappa shape index (κ1) is 18.4. The fourth-order valence-electron chi connectivity index (χ4n) is 3.54. The lowest BCUT2D eigenvalue weighted by molar-refractivity contribution is 0.0954. The molecule has 0 bridgehead atoms. The smallest absolute Gasteiger partial charge is 0.261 e. The van der Waals surface area contributed by atoms with Gasteiger partial charge in [-0.05, 0) is 56.3 Å². The number of aryl methyl sites for hydroxylation is 3. The minimum atomic E-state index is 0. The summed E-state index contributed by atoms with van der Waals surface area (Å²) in [5, 5.41) is 11.1. The van der Waals surface area contributed by atoms with Crippen LogP contribution in [0.3, 0.4) is 0 Å². The van der Waals surface area contributed by atoms with Crippen LogP contribution < -0.4 is 10.6 Å². The van der Waals surface area contributed by atoms with Crippen LogP contribution in [-0.4, -0.2) is 22.2 Å². The van der Waals surface area contributed by atoms with Crippen LogP contribution in [0.15, 0.2) is 12.1 Å². The third-order valence-electron chi connectivity index (χ3n) is 4.84. The van der Waals surface area contributed by atoms with Crippen LogP contribution in [0.2, 0.25) is 0 Å². The quantitative estimate of drug-likeness (QED) is 0.804. The van der Waals surface area contributed by atoms with Gasteiger partial charge in [-0.1, -0.05) is 6.42 Å². The van der Waals surface area contributed by atoms with Gasteiger partial charge >= 0.3 is 0 Å². The molecular formula is C18H25ClN4OS. The Bertz CT molecular complexity index is 693. The molecule has 4 rings (SSSR count). The highest BCUT2D eigenvalue weighted by molar-refractivity contribution is 7.14. The van der Waals surface area contributed by atoms with Gasteiger partial charge in [-0.25, -0.2) is 0 Å². The van der Waals surface area contributed by atoms with E-state index in [-0.39, 0.29) is 18.3 Å². The Kier molecular flexibility index (Phi) is 6.15. The van der Waals surface area contributed by atoms with Gasteiger partial charge in [0.25, 0.3) is 5.91 Å². The van der Waals surface area contributed by atoms with E-state index in [9.17, 15) is 4.79 Å². The van der Waals surface area contributed by atoms with E-state index in [4.69, 9.17) is 0 Å². The van der Waals surface area contributed by atoms with Crippen molar-refractivity contribution in [3.05, 3.63) is 38.8 Å². The van der Waals surface area contributed by atoms with Gasteiger partial charge in [-0.15, -0.1) is 23.7 Å². The molecule has 0 fully saturated rings. The van der Waals surface area contributed by atoms with Crippen molar-refractivity contribution >= 4 is 29.7 Å². The minimum absolute atomic E-state index is 0. The third kappa shape index (κ3) is 4.25. The number of thiophene rings is 1. The van der Waals surface area contributed by atoms with Crippen LogP contribution in [0.4, 0.5) is 0 Å². The first-order valence-corrected chi connectivity index (χ1v) is 9.77. The van der Waals surface area contributed by atoms with Crippen LogP contribution >= 0.6 is 23.7 Å². The monoisotopic (exact) mass is 380 g/mol. The predicted molar refractivity (Wildman–Crippen MR) is 103 cm³/mol. The average molecular weight is 381 g/mol. The maximum absolute atomic E-state index is 12.5. The van der Waals surface area contributed by atoms with Gasteiger partial charge in [0, 0.05) is 18.0 Å². The van der Waals surface area contributed by atoms with Gasteiger partial charge in [0.2, 0.25) is 0 Å². The Morgan fingerprint density at radius 2 is 2.12 bits per heavy atom. The molecule has 0 radical (unpaired) electrons. The molecular weight excluding hydrogens is 356 g/mol. The second kappa shape index (κ2) is 8.34. The van der Waals surface area contributed by atoms with Gasteiger partial charge < -0.3 is 10.6 Å². The molecule has 0 unspecified atom stereocenters. The average Bonchev–Trinajstić information content (AvgIpc) is 3.02. The molecule has 136 valence electrons. The lowest BCUT2D eigenvalue weighted by Gasteiger charge is -2.01. The van der Waals surface area contributed by atoms with Crippen molar-refractivity contribution in [3.8, 4) is 0 Å². The summed E-state index contributed by atoms with van der Waals surface area (Å²) in [6.07, 6.45) is 7.17. The van der Waals surface area contributed by atoms with Crippen LogP contribution in [0.1, 0.15) is 57.2 Å². The Morgan fingerprint density at radius 1 is 1.24 bits per heavy atom. The number of carbonyl (C=O) groups is 1. The zero-order valence-electron chi connectivity index (χ0n) is 14.3. The van der Waals surface area contributed by atoms with E-state index in [1.807, 2.05) is 0 Å². The van der Waals surface area contributed by atoms with Crippen LogP contribution in [0.5, 0.6) is 0 Å². The SMILES string of the molecule is Cl.O=C(NCc1cc2n(n1)CCCNC2)c1cc2c(s1)CCCCC2. The van der Waals surface area contributed by atoms with Crippen molar-refractivity contribution in [1.82, 2.24) is 20.4 Å². The first-order valence-electron chi connectivity index (χ1n) is 8.96. The van der Waals surface area contributed by atoms with E-state index in [2.05, 4.69) is 32.5 Å². The number of amides is 1. The summed E-state index contributed by atoms with van der Waals surface area (Å²) < 4.78 is 2.06. The highest BCUT2D eigenvalue weighted by Crippen LogP contribution is 2.28. The maximum Gasteiger partial charge on any atom is 0.261 e. The molecule has 1 aliphatic carbocycles. The molecule has 2 aromatic heterocycles. The number of carbonyl (C=O) groups excluding carboxylic acids is 1. The lowest BCUT2D eigenvalue weighted by atomic mass is 10.1. The number of aromatic nitrogens is 2. The molecule has 7 heteroatoms. The molecule has 0 aromatic carbocycles. The van der Waals surface area contributed by atoms with E-state index in [1.54, 1.807) is 11.3 Å². The van der Waals surface area contributed by atoms with Crippen molar-refractivity contribution in [2.45, 2.75) is 58.2 Å². The van der Waals surface area contributed by atoms with Crippen LogP contribution in [0, 0.1) is 0 Å². The van der Waals surface area contributed by atoms with Crippen molar-refractivity contribution in [2.75, 3.05) is 6.54 Å². The summed E-state index contributed by atoms with van der Waals surface area (Å²) in [7, 11) is 0. The Hall–Kier alpha value is -1.37. The summed E-state index contributed by atoms with van der Waals surface area (Å²) in [6, 6.07) is 4.20. The van der Waals surface area contributed by atoms with Gasteiger partial charge in [0.1, 0.15) is 0 Å². The predicted octanol–water partition coefficient (Wildman–Crippen LogP) is 3.06. The molecule has 1 amide bonds. The van der Waals surface area contributed by atoms with Gasteiger partial charge in [0.05, 0.1) is 22.8 Å². The van der Waals surface area contributed by atoms with E-state index in [0.717, 1.165) is 49.5 Å². The highest BCUT2D eigenvalue weighted by Gasteiger charge is 2.17. The Balaban J connectivity index is 0.00000182. The molecule has 0 saturated heterocycles. The van der Waals surface area contributed by atoms with Crippen LogP contribution in [0.25, 0.3) is 0 Å². The van der Waals surface area contributed by atoms with E-state index in [0.29, 0.717) is 6.54 Å². The molecule has 0 saturated carbocycles. The van der Waals surface area contributed by atoms with Gasteiger partial charge in [-0.2, -0.15) is 5.10 Å². The third-order valence-corrected chi connectivity index (χ3v) is 6.08. The molecule has 1 aliphatic heterocycles. The largest absolute Gasteiger partial charge is 0.346 e. The Labute approximate surface area is 158 Å². The molecule has 0 spiro atoms. The van der Waals surface area contributed by atoms with E-state index < -0.39 is 0 Å². The van der Waals surface area contributed by atoms with Gasteiger partial charge in [-0.3, -0.25) is 9.48 Å². The van der Waals surface area contributed by atoms with Crippen molar-refractivity contribution in [2.24, 2.45) is 0 Å². The number of hydrogen-bond donors (Lipinski definition) is 2. The van der Waals surface area contributed by atoms with Crippen molar-refractivity contribution < 1.29 is 4.79 Å². The zero-order valence-corrected chi connectivity index (χ0v) is 16.0. The molecule has 2 aromatic rings. The summed E-state index contributed by atoms with van der Waals surface area (Å²) >= 11 is 1.67. The second-order valence-corrected chi connectivity index (χ2v) is 7.82. The van der Waals surface area contributed by atoms with E-state index >= 15 is 0 Å².